The number of aryl methyl sites for hydroxylation is 1. The van der Waals surface area contributed by atoms with E-state index in [-0.39, 0.29) is 11.9 Å². The highest BCUT2D eigenvalue weighted by Gasteiger charge is 2.25. The van der Waals surface area contributed by atoms with Gasteiger partial charge in [-0.3, -0.25) is 9.88 Å². The molecule has 1 aromatic carbocycles. The Morgan fingerprint density at radius 1 is 1.19 bits per heavy atom. The molecule has 1 aliphatic rings. The first-order chi connectivity index (χ1) is 10.2. The maximum absolute atomic E-state index is 13.6. The summed E-state index contributed by atoms with van der Waals surface area (Å²) < 4.78 is 13.6. The molecule has 1 fully saturated rings. The van der Waals surface area contributed by atoms with Gasteiger partial charge in [0.15, 0.2) is 0 Å². The summed E-state index contributed by atoms with van der Waals surface area (Å²) in [6.45, 7) is 5.82. The van der Waals surface area contributed by atoms with Gasteiger partial charge in [-0.05, 0) is 36.2 Å². The van der Waals surface area contributed by atoms with Crippen molar-refractivity contribution < 1.29 is 4.39 Å². The lowest BCUT2D eigenvalue weighted by Crippen LogP contribution is -2.45. The van der Waals surface area contributed by atoms with E-state index in [4.69, 9.17) is 0 Å². The number of nitrogens with one attached hydrogen (secondary N) is 1. The van der Waals surface area contributed by atoms with Crippen molar-refractivity contribution in [3.05, 3.63) is 65.2 Å². The molecule has 1 atom stereocenters. The van der Waals surface area contributed by atoms with Crippen LogP contribution in [0.5, 0.6) is 0 Å². The summed E-state index contributed by atoms with van der Waals surface area (Å²) in [5.41, 5.74) is 3.08. The number of hydrogen-bond acceptors (Lipinski definition) is 3. The van der Waals surface area contributed by atoms with Gasteiger partial charge in [-0.15, -0.1) is 0 Å². The average Bonchev–Trinajstić information content (AvgIpc) is 2.51. The maximum Gasteiger partial charge on any atom is 0.123 e. The molecule has 0 spiro atoms. The molecule has 2 heterocycles. The van der Waals surface area contributed by atoms with Crippen molar-refractivity contribution in [2.45, 2.75) is 13.0 Å². The highest BCUT2D eigenvalue weighted by atomic mass is 19.1. The van der Waals surface area contributed by atoms with Gasteiger partial charge in [-0.2, -0.15) is 0 Å². The summed E-state index contributed by atoms with van der Waals surface area (Å²) in [5, 5.41) is 3.36. The van der Waals surface area contributed by atoms with Crippen LogP contribution in [-0.2, 0) is 0 Å². The quantitative estimate of drug-likeness (QED) is 0.939. The Morgan fingerprint density at radius 2 is 2.00 bits per heavy atom. The number of nitrogens with zero attached hydrogens (tertiary/aromatic N) is 2. The molecule has 0 bridgehead atoms. The Hall–Kier alpha value is -1.78. The molecule has 0 amide bonds. The van der Waals surface area contributed by atoms with Gasteiger partial charge in [0.2, 0.25) is 0 Å². The molecule has 2 aromatic rings. The van der Waals surface area contributed by atoms with E-state index < -0.39 is 0 Å². The lowest BCUT2D eigenvalue weighted by Gasteiger charge is -2.35. The number of aromatic nitrogens is 1. The molecule has 1 N–H and O–H groups in total. The van der Waals surface area contributed by atoms with Crippen LogP contribution in [0.4, 0.5) is 4.39 Å². The van der Waals surface area contributed by atoms with Crippen molar-refractivity contribution in [3.8, 4) is 0 Å². The van der Waals surface area contributed by atoms with Crippen LogP contribution in [0.3, 0.4) is 0 Å². The number of hydrogen-bond donors (Lipinski definition) is 1. The minimum Gasteiger partial charge on any atom is -0.314 e. The van der Waals surface area contributed by atoms with Crippen molar-refractivity contribution in [1.29, 1.82) is 0 Å². The highest BCUT2D eigenvalue weighted by molar-refractivity contribution is 5.29. The minimum atomic E-state index is -0.195. The molecule has 0 aliphatic carbocycles. The highest BCUT2D eigenvalue weighted by Crippen LogP contribution is 2.28. The number of piperazine rings is 1. The zero-order valence-corrected chi connectivity index (χ0v) is 12.2. The van der Waals surface area contributed by atoms with Gasteiger partial charge >= 0.3 is 0 Å². The Bertz CT molecular complexity index is 591. The molecule has 4 heteroatoms. The van der Waals surface area contributed by atoms with Gasteiger partial charge in [0.25, 0.3) is 0 Å². The first-order valence-corrected chi connectivity index (χ1v) is 7.37. The summed E-state index contributed by atoms with van der Waals surface area (Å²) in [4.78, 5) is 6.94. The van der Waals surface area contributed by atoms with Crippen LogP contribution >= 0.6 is 0 Å². The summed E-state index contributed by atoms with van der Waals surface area (Å²) in [6.07, 6.45) is 1.88. The van der Waals surface area contributed by atoms with E-state index in [0.29, 0.717) is 0 Å². The largest absolute Gasteiger partial charge is 0.314 e. The summed E-state index contributed by atoms with van der Waals surface area (Å²) >= 11 is 0. The zero-order chi connectivity index (χ0) is 14.7. The Labute approximate surface area is 124 Å². The maximum atomic E-state index is 13.6. The van der Waals surface area contributed by atoms with Crippen LogP contribution in [0, 0.1) is 12.7 Å². The Balaban J connectivity index is 1.99. The predicted molar refractivity (Wildman–Crippen MR) is 81.7 cm³/mol. The molecule has 3 nitrogen and oxygen atoms in total. The third-order valence-electron chi connectivity index (χ3n) is 3.90. The second-order valence-corrected chi connectivity index (χ2v) is 5.50. The number of benzene rings is 1. The van der Waals surface area contributed by atoms with Crippen molar-refractivity contribution in [3.63, 3.8) is 0 Å². The molecule has 1 saturated heterocycles. The first-order valence-electron chi connectivity index (χ1n) is 7.37. The molecule has 1 aliphatic heterocycles. The SMILES string of the molecule is Cc1ccc(C(c2cccc(F)c2)N2CCNCC2)nc1. The molecular weight excluding hydrogens is 265 g/mol. The second-order valence-electron chi connectivity index (χ2n) is 5.50. The summed E-state index contributed by atoms with van der Waals surface area (Å²) in [5.74, 6) is -0.195. The Morgan fingerprint density at radius 3 is 2.67 bits per heavy atom. The average molecular weight is 285 g/mol. The predicted octanol–water partition coefficient (Wildman–Crippen LogP) is 2.52. The third kappa shape index (κ3) is 3.28. The van der Waals surface area contributed by atoms with Crippen molar-refractivity contribution in [2.75, 3.05) is 26.2 Å². The van der Waals surface area contributed by atoms with Crippen LogP contribution in [0.1, 0.15) is 22.9 Å². The third-order valence-corrected chi connectivity index (χ3v) is 3.90. The van der Waals surface area contributed by atoms with E-state index in [1.54, 1.807) is 12.1 Å². The first kappa shape index (κ1) is 14.2. The van der Waals surface area contributed by atoms with E-state index in [1.165, 1.54) is 6.07 Å². The summed E-state index contributed by atoms with van der Waals surface area (Å²) in [7, 11) is 0. The molecule has 110 valence electrons. The van der Waals surface area contributed by atoms with Gasteiger partial charge in [0.05, 0.1) is 11.7 Å². The van der Waals surface area contributed by atoms with Crippen molar-refractivity contribution in [1.82, 2.24) is 15.2 Å². The standard InChI is InChI=1S/C17H20FN3/c1-13-5-6-16(20-12-13)17(21-9-7-19-8-10-21)14-3-2-4-15(18)11-14/h2-6,11-12,17,19H,7-10H2,1H3. The van der Waals surface area contributed by atoms with E-state index in [1.807, 2.05) is 25.3 Å². The number of pyridine rings is 1. The van der Waals surface area contributed by atoms with Crippen LogP contribution in [0.15, 0.2) is 42.6 Å². The van der Waals surface area contributed by atoms with E-state index in [0.717, 1.165) is 43.0 Å². The number of halogens is 1. The molecular formula is C17H20FN3. The van der Waals surface area contributed by atoms with Gasteiger partial charge in [-0.1, -0.05) is 18.2 Å². The van der Waals surface area contributed by atoms with Crippen LogP contribution in [0.2, 0.25) is 0 Å². The van der Waals surface area contributed by atoms with Crippen molar-refractivity contribution >= 4 is 0 Å². The molecule has 0 radical (unpaired) electrons. The zero-order valence-electron chi connectivity index (χ0n) is 12.2. The molecule has 1 aromatic heterocycles. The van der Waals surface area contributed by atoms with Crippen LogP contribution in [0.25, 0.3) is 0 Å². The lowest BCUT2D eigenvalue weighted by atomic mass is 10.00. The van der Waals surface area contributed by atoms with Gasteiger partial charge < -0.3 is 5.32 Å². The normalized spacial score (nSPS) is 17.6. The Kier molecular flexibility index (Phi) is 4.27. The minimum absolute atomic E-state index is 0.0170. The van der Waals surface area contributed by atoms with Crippen molar-refractivity contribution in [2.24, 2.45) is 0 Å². The fraction of sp³-hybridized carbons (Fsp3) is 0.353. The van der Waals surface area contributed by atoms with E-state index >= 15 is 0 Å². The molecule has 1 unspecified atom stereocenters. The van der Waals surface area contributed by atoms with Gasteiger partial charge in [0.1, 0.15) is 5.82 Å². The fourth-order valence-electron chi connectivity index (χ4n) is 2.83. The topological polar surface area (TPSA) is 28.2 Å². The second kappa shape index (κ2) is 6.33. The fourth-order valence-corrected chi connectivity index (χ4v) is 2.83. The monoisotopic (exact) mass is 285 g/mol. The van der Waals surface area contributed by atoms with Crippen LogP contribution in [-0.4, -0.2) is 36.1 Å². The van der Waals surface area contributed by atoms with Gasteiger partial charge in [-0.25, -0.2) is 4.39 Å². The van der Waals surface area contributed by atoms with Gasteiger partial charge in [0, 0.05) is 32.4 Å². The van der Waals surface area contributed by atoms with E-state index in [2.05, 4.69) is 21.3 Å². The van der Waals surface area contributed by atoms with Crippen LogP contribution < -0.4 is 5.32 Å². The number of rotatable bonds is 3. The lowest BCUT2D eigenvalue weighted by molar-refractivity contribution is 0.195. The molecule has 0 saturated carbocycles. The smallest absolute Gasteiger partial charge is 0.123 e. The van der Waals surface area contributed by atoms with E-state index in [9.17, 15) is 4.39 Å². The summed E-state index contributed by atoms with van der Waals surface area (Å²) in [6, 6.07) is 11.0. The molecule has 3 rings (SSSR count). The molecule has 21 heavy (non-hydrogen) atoms.